The number of nitrogens with zero attached hydrogens (tertiary/aromatic N) is 1. The van der Waals surface area contributed by atoms with Crippen molar-refractivity contribution >= 4 is 5.69 Å². The van der Waals surface area contributed by atoms with Crippen molar-refractivity contribution < 1.29 is 18.8 Å². The van der Waals surface area contributed by atoms with E-state index in [9.17, 15) is 14.5 Å². The van der Waals surface area contributed by atoms with Gasteiger partial charge in [0.2, 0.25) is 5.75 Å². The molecule has 0 spiro atoms. The maximum absolute atomic E-state index is 13.2. The van der Waals surface area contributed by atoms with Gasteiger partial charge < -0.3 is 15.2 Å². The number of nitro groups is 1. The van der Waals surface area contributed by atoms with Crippen LogP contribution in [0.15, 0.2) is 36.4 Å². The number of ether oxygens (including phenoxy) is 2. The van der Waals surface area contributed by atoms with Gasteiger partial charge in [0.15, 0.2) is 0 Å². The molecular formula is C14H13FN2O4. The van der Waals surface area contributed by atoms with E-state index in [0.717, 1.165) is 0 Å². The molecule has 2 aromatic rings. The van der Waals surface area contributed by atoms with Crippen molar-refractivity contribution in [1.29, 1.82) is 0 Å². The van der Waals surface area contributed by atoms with Crippen LogP contribution >= 0.6 is 0 Å². The summed E-state index contributed by atoms with van der Waals surface area (Å²) in [4.78, 5) is 10.5. The molecule has 0 heterocycles. The van der Waals surface area contributed by atoms with Crippen molar-refractivity contribution in [2.24, 2.45) is 5.73 Å². The molecule has 0 radical (unpaired) electrons. The predicted molar refractivity (Wildman–Crippen MR) is 74.0 cm³/mol. The second-order valence-corrected chi connectivity index (χ2v) is 4.15. The summed E-state index contributed by atoms with van der Waals surface area (Å²) in [6.45, 7) is 0.0465. The van der Waals surface area contributed by atoms with Gasteiger partial charge in [-0.25, -0.2) is 4.39 Å². The lowest BCUT2D eigenvalue weighted by Crippen LogP contribution is -2.01. The molecule has 0 aliphatic heterocycles. The fourth-order valence-electron chi connectivity index (χ4n) is 1.78. The molecular weight excluding hydrogens is 279 g/mol. The van der Waals surface area contributed by atoms with Gasteiger partial charge in [-0.05, 0) is 24.3 Å². The average Bonchev–Trinajstić information content (AvgIpc) is 2.48. The Morgan fingerprint density at radius 1 is 1.24 bits per heavy atom. The van der Waals surface area contributed by atoms with Crippen LogP contribution < -0.4 is 15.2 Å². The predicted octanol–water partition coefficient (Wildman–Crippen LogP) is 2.99. The van der Waals surface area contributed by atoms with Crippen molar-refractivity contribution in [1.82, 2.24) is 0 Å². The van der Waals surface area contributed by atoms with Gasteiger partial charge in [-0.3, -0.25) is 10.1 Å². The summed E-state index contributed by atoms with van der Waals surface area (Å²) >= 11 is 0. The quantitative estimate of drug-likeness (QED) is 0.676. The first-order valence-electron chi connectivity index (χ1n) is 6.04. The highest BCUT2D eigenvalue weighted by atomic mass is 19.1. The van der Waals surface area contributed by atoms with E-state index in [-0.39, 0.29) is 23.7 Å². The molecule has 0 aromatic heterocycles. The minimum atomic E-state index is -0.569. The van der Waals surface area contributed by atoms with Crippen LogP contribution in [0, 0.1) is 15.9 Å². The van der Waals surface area contributed by atoms with Crippen LogP contribution in [-0.4, -0.2) is 12.0 Å². The normalized spacial score (nSPS) is 10.2. The molecule has 0 aliphatic rings. The summed E-state index contributed by atoms with van der Waals surface area (Å²) in [6, 6.07) is 7.92. The molecule has 0 saturated heterocycles. The van der Waals surface area contributed by atoms with Gasteiger partial charge in [-0.1, -0.05) is 0 Å². The highest BCUT2D eigenvalue weighted by Gasteiger charge is 2.18. The Balaban J connectivity index is 2.45. The monoisotopic (exact) mass is 292 g/mol. The van der Waals surface area contributed by atoms with Crippen molar-refractivity contribution in [3.8, 4) is 17.2 Å². The lowest BCUT2D eigenvalue weighted by Gasteiger charge is -2.11. The van der Waals surface area contributed by atoms with Gasteiger partial charge in [0.05, 0.1) is 12.0 Å². The zero-order valence-electron chi connectivity index (χ0n) is 11.2. The van der Waals surface area contributed by atoms with Crippen molar-refractivity contribution in [2.75, 3.05) is 7.11 Å². The highest BCUT2D eigenvalue weighted by Crippen LogP contribution is 2.35. The van der Waals surface area contributed by atoms with Crippen LogP contribution in [0.25, 0.3) is 0 Å². The number of methoxy groups -OCH3 is 1. The molecule has 0 aliphatic carbocycles. The van der Waals surface area contributed by atoms with Crippen LogP contribution in [0.5, 0.6) is 17.2 Å². The van der Waals surface area contributed by atoms with Crippen molar-refractivity contribution in [3.63, 3.8) is 0 Å². The van der Waals surface area contributed by atoms with E-state index in [0.29, 0.717) is 11.3 Å². The van der Waals surface area contributed by atoms with E-state index < -0.39 is 10.7 Å². The van der Waals surface area contributed by atoms with E-state index in [1.165, 1.54) is 43.5 Å². The van der Waals surface area contributed by atoms with E-state index in [1.807, 2.05) is 0 Å². The van der Waals surface area contributed by atoms with Crippen LogP contribution in [0.1, 0.15) is 5.56 Å². The van der Waals surface area contributed by atoms with Gasteiger partial charge in [-0.2, -0.15) is 0 Å². The minimum absolute atomic E-state index is 0.000609. The minimum Gasteiger partial charge on any atom is -0.497 e. The fraction of sp³-hybridized carbons (Fsp3) is 0.143. The molecule has 6 nitrogen and oxygen atoms in total. The van der Waals surface area contributed by atoms with Crippen LogP contribution in [0.4, 0.5) is 10.1 Å². The van der Waals surface area contributed by atoms with Crippen LogP contribution in [0.3, 0.4) is 0 Å². The summed E-state index contributed by atoms with van der Waals surface area (Å²) in [5.74, 6) is 0.214. The molecule has 0 amide bonds. The van der Waals surface area contributed by atoms with Gasteiger partial charge in [0, 0.05) is 24.2 Å². The van der Waals surface area contributed by atoms with Gasteiger partial charge in [0.25, 0.3) is 0 Å². The molecule has 0 atom stereocenters. The molecule has 2 rings (SSSR count). The topological polar surface area (TPSA) is 87.6 Å². The number of halogens is 1. The lowest BCUT2D eigenvalue weighted by molar-refractivity contribution is -0.385. The van der Waals surface area contributed by atoms with Crippen LogP contribution in [0.2, 0.25) is 0 Å². The third kappa shape index (κ3) is 3.26. The fourth-order valence-corrected chi connectivity index (χ4v) is 1.78. The maximum Gasteiger partial charge on any atom is 0.311 e. The number of nitrogens with two attached hydrogens (primary N) is 1. The molecule has 0 bridgehead atoms. The first kappa shape index (κ1) is 14.7. The maximum atomic E-state index is 13.2. The number of benzene rings is 2. The van der Waals surface area contributed by atoms with Gasteiger partial charge in [0.1, 0.15) is 17.3 Å². The molecule has 2 aromatic carbocycles. The van der Waals surface area contributed by atoms with E-state index in [2.05, 4.69) is 0 Å². The Morgan fingerprint density at radius 3 is 2.62 bits per heavy atom. The lowest BCUT2D eigenvalue weighted by atomic mass is 10.2. The molecule has 0 saturated carbocycles. The van der Waals surface area contributed by atoms with Crippen molar-refractivity contribution in [3.05, 3.63) is 57.9 Å². The Bertz CT molecular complexity index is 676. The molecule has 110 valence electrons. The van der Waals surface area contributed by atoms with E-state index in [4.69, 9.17) is 15.2 Å². The zero-order chi connectivity index (χ0) is 15.4. The number of rotatable bonds is 5. The summed E-state index contributed by atoms with van der Waals surface area (Å²) in [6.07, 6.45) is 0. The van der Waals surface area contributed by atoms with Crippen LogP contribution in [-0.2, 0) is 6.54 Å². The standard InChI is InChI=1S/C14H13FN2O4/c1-20-11-3-4-12(17(18)19)14(7-11)21-13-5-2-10(15)6-9(13)8-16/h2-7H,8,16H2,1H3. The second-order valence-electron chi connectivity index (χ2n) is 4.15. The summed E-state index contributed by atoms with van der Waals surface area (Å²) < 4.78 is 23.7. The smallest absolute Gasteiger partial charge is 0.311 e. The SMILES string of the molecule is COc1ccc([N+](=O)[O-])c(Oc2ccc(F)cc2CN)c1. The Morgan fingerprint density at radius 2 is 2.00 bits per heavy atom. The first-order valence-corrected chi connectivity index (χ1v) is 6.04. The Hall–Kier alpha value is -2.67. The molecule has 21 heavy (non-hydrogen) atoms. The van der Waals surface area contributed by atoms with Gasteiger partial charge >= 0.3 is 5.69 Å². The third-order valence-electron chi connectivity index (χ3n) is 2.83. The Kier molecular flexibility index (Phi) is 4.34. The number of hydrogen-bond acceptors (Lipinski definition) is 5. The first-order chi connectivity index (χ1) is 10.0. The van der Waals surface area contributed by atoms with Gasteiger partial charge in [-0.15, -0.1) is 0 Å². The van der Waals surface area contributed by atoms with Crippen molar-refractivity contribution in [2.45, 2.75) is 6.54 Å². The summed E-state index contributed by atoms with van der Waals surface area (Å²) in [5, 5.41) is 11.0. The average molecular weight is 292 g/mol. The molecule has 2 N–H and O–H groups in total. The molecule has 7 heteroatoms. The Labute approximate surface area is 120 Å². The van der Waals surface area contributed by atoms with E-state index >= 15 is 0 Å². The third-order valence-corrected chi connectivity index (χ3v) is 2.83. The molecule has 0 fully saturated rings. The summed E-state index contributed by atoms with van der Waals surface area (Å²) in [5.41, 5.74) is 5.71. The second kappa shape index (κ2) is 6.19. The number of nitro benzene ring substituents is 1. The number of hydrogen-bond donors (Lipinski definition) is 1. The van der Waals surface area contributed by atoms with E-state index in [1.54, 1.807) is 0 Å². The largest absolute Gasteiger partial charge is 0.497 e. The zero-order valence-corrected chi connectivity index (χ0v) is 11.2. The highest BCUT2D eigenvalue weighted by molar-refractivity contribution is 5.53. The summed E-state index contributed by atoms with van der Waals surface area (Å²) in [7, 11) is 1.44. The molecule has 0 unspecified atom stereocenters.